The molecule has 2 rings (SSSR count). The second kappa shape index (κ2) is 3.86. The summed E-state index contributed by atoms with van der Waals surface area (Å²) in [5.41, 5.74) is 0.662. The van der Waals surface area contributed by atoms with Gasteiger partial charge in [-0.15, -0.1) is 0 Å². The minimum atomic E-state index is -0.164. The predicted octanol–water partition coefficient (Wildman–Crippen LogP) is 0.678. The maximum Gasteiger partial charge on any atom is 0.345 e. The van der Waals surface area contributed by atoms with Gasteiger partial charge in [0.25, 0.3) is 0 Å². The van der Waals surface area contributed by atoms with E-state index in [1.165, 1.54) is 15.6 Å². The largest absolute Gasteiger partial charge is 0.345 e. The molecule has 2 heterocycles. The van der Waals surface area contributed by atoms with Crippen molar-refractivity contribution < 1.29 is 0 Å². The van der Waals surface area contributed by atoms with Gasteiger partial charge in [0.1, 0.15) is 6.33 Å². The SMILES string of the molecule is Cn1cnn(Cc2ccncc2Cl)c1=O. The van der Waals surface area contributed by atoms with Gasteiger partial charge in [0.05, 0.1) is 11.6 Å². The summed E-state index contributed by atoms with van der Waals surface area (Å²) >= 11 is 5.92. The van der Waals surface area contributed by atoms with Crippen LogP contribution in [0.1, 0.15) is 5.56 Å². The van der Waals surface area contributed by atoms with Crippen molar-refractivity contribution in [2.24, 2.45) is 7.05 Å². The van der Waals surface area contributed by atoms with Crippen LogP contribution < -0.4 is 5.69 Å². The van der Waals surface area contributed by atoms with Crippen LogP contribution in [-0.2, 0) is 13.6 Å². The van der Waals surface area contributed by atoms with Gasteiger partial charge < -0.3 is 0 Å². The van der Waals surface area contributed by atoms with E-state index in [0.717, 1.165) is 5.56 Å². The van der Waals surface area contributed by atoms with Crippen LogP contribution in [0.25, 0.3) is 0 Å². The summed E-state index contributed by atoms with van der Waals surface area (Å²) in [6.45, 7) is 0.362. The van der Waals surface area contributed by atoms with Crippen molar-refractivity contribution in [2.75, 3.05) is 0 Å². The summed E-state index contributed by atoms with van der Waals surface area (Å²) in [5.74, 6) is 0. The zero-order valence-corrected chi connectivity index (χ0v) is 8.85. The number of nitrogens with zero attached hydrogens (tertiary/aromatic N) is 4. The molecule has 0 aliphatic carbocycles. The van der Waals surface area contributed by atoms with Gasteiger partial charge in [-0.25, -0.2) is 9.48 Å². The van der Waals surface area contributed by atoms with E-state index >= 15 is 0 Å². The molecule has 2 aromatic heterocycles. The smallest absolute Gasteiger partial charge is 0.285 e. The fourth-order valence-electron chi connectivity index (χ4n) is 1.22. The summed E-state index contributed by atoms with van der Waals surface area (Å²) in [4.78, 5) is 15.4. The zero-order valence-electron chi connectivity index (χ0n) is 8.09. The highest BCUT2D eigenvalue weighted by Crippen LogP contribution is 2.13. The summed E-state index contributed by atoms with van der Waals surface area (Å²) in [5, 5.41) is 4.48. The lowest BCUT2D eigenvalue weighted by atomic mass is 10.3. The first-order chi connectivity index (χ1) is 7.18. The van der Waals surface area contributed by atoms with Crippen LogP contribution in [0.3, 0.4) is 0 Å². The normalized spacial score (nSPS) is 10.5. The van der Waals surface area contributed by atoms with Crippen LogP contribution in [0.4, 0.5) is 0 Å². The Morgan fingerprint density at radius 1 is 1.53 bits per heavy atom. The van der Waals surface area contributed by atoms with Gasteiger partial charge in [-0.3, -0.25) is 9.55 Å². The average molecular weight is 225 g/mol. The van der Waals surface area contributed by atoms with Crippen molar-refractivity contribution in [3.05, 3.63) is 45.9 Å². The lowest BCUT2D eigenvalue weighted by Gasteiger charge is -2.01. The van der Waals surface area contributed by atoms with Crippen LogP contribution in [-0.4, -0.2) is 19.3 Å². The number of rotatable bonds is 2. The van der Waals surface area contributed by atoms with Crippen molar-refractivity contribution in [2.45, 2.75) is 6.54 Å². The molecule has 0 radical (unpaired) electrons. The number of hydrogen-bond donors (Lipinski definition) is 0. The molecule has 0 fully saturated rings. The Labute approximate surface area is 90.9 Å². The van der Waals surface area contributed by atoms with E-state index in [0.29, 0.717) is 11.6 Å². The molecule has 0 saturated carbocycles. The van der Waals surface area contributed by atoms with Gasteiger partial charge in [-0.05, 0) is 11.6 Å². The van der Waals surface area contributed by atoms with Crippen molar-refractivity contribution in [1.29, 1.82) is 0 Å². The monoisotopic (exact) mass is 224 g/mol. The molecule has 0 N–H and O–H groups in total. The fourth-order valence-corrected chi connectivity index (χ4v) is 1.40. The van der Waals surface area contributed by atoms with E-state index in [1.807, 2.05) is 0 Å². The van der Waals surface area contributed by atoms with E-state index in [-0.39, 0.29) is 5.69 Å². The number of aryl methyl sites for hydroxylation is 1. The minimum absolute atomic E-state index is 0.164. The third-order valence-corrected chi connectivity index (χ3v) is 2.40. The molecule has 0 spiro atoms. The van der Waals surface area contributed by atoms with E-state index in [1.54, 1.807) is 25.5 Å². The second-order valence-corrected chi connectivity index (χ2v) is 3.56. The van der Waals surface area contributed by atoms with Gasteiger partial charge >= 0.3 is 5.69 Å². The van der Waals surface area contributed by atoms with E-state index in [4.69, 9.17) is 11.6 Å². The molecule has 0 saturated heterocycles. The van der Waals surface area contributed by atoms with Crippen LogP contribution in [0, 0.1) is 0 Å². The minimum Gasteiger partial charge on any atom is -0.285 e. The van der Waals surface area contributed by atoms with Crippen LogP contribution in [0.5, 0.6) is 0 Å². The Balaban J connectivity index is 2.34. The van der Waals surface area contributed by atoms with Crippen LogP contribution >= 0.6 is 11.6 Å². The summed E-state index contributed by atoms with van der Waals surface area (Å²) in [7, 11) is 1.65. The van der Waals surface area contributed by atoms with Crippen molar-refractivity contribution >= 4 is 11.6 Å². The third kappa shape index (κ3) is 1.92. The van der Waals surface area contributed by atoms with Crippen molar-refractivity contribution in [3.63, 3.8) is 0 Å². The lowest BCUT2D eigenvalue weighted by Crippen LogP contribution is -2.23. The van der Waals surface area contributed by atoms with Crippen LogP contribution in [0.15, 0.2) is 29.6 Å². The molecule has 0 aliphatic rings. The number of aromatic nitrogens is 4. The first-order valence-corrected chi connectivity index (χ1v) is 4.73. The molecule has 0 unspecified atom stereocenters. The predicted molar refractivity (Wildman–Crippen MR) is 55.8 cm³/mol. The fraction of sp³-hybridized carbons (Fsp3) is 0.222. The molecule has 15 heavy (non-hydrogen) atoms. The topological polar surface area (TPSA) is 52.7 Å². The standard InChI is InChI=1S/C9H9ClN4O/c1-13-6-12-14(9(13)15)5-7-2-3-11-4-8(7)10/h2-4,6H,5H2,1H3. The zero-order chi connectivity index (χ0) is 10.8. The maximum atomic E-state index is 11.5. The van der Waals surface area contributed by atoms with Crippen molar-refractivity contribution in [3.8, 4) is 0 Å². The molecule has 0 bridgehead atoms. The molecular weight excluding hydrogens is 216 g/mol. The molecule has 0 amide bonds. The third-order valence-electron chi connectivity index (χ3n) is 2.06. The number of hydrogen-bond acceptors (Lipinski definition) is 3. The molecule has 2 aromatic rings. The first kappa shape index (κ1) is 9.92. The highest BCUT2D eigenvalue weighted by molar-refractivity contribution is 6.31. The first-order valence-electron chi connectivity index (χ1n) is 4.35. The summed E-state index contributed by atoms with van der Waals surface area (Å²) in [6, 6.07) is 1.77. The van der Waals surface area contributed by atoms with Gasteiger partial charge in [-0.1, -0.05) is 11.6 Å². The molecule has 0 atom stereocenters. The van der Waals surface area contributed by atoms with E-state index in [2.05, 4.69) is 10.1 Å². The Bertz CT molecular complexity index is 531. The summed E-state index contributed by atoms with van der Waals surface area (Å²) in [6.07, 6.45) is 4.65. The quantitative estimate of drug-likeness (QED) is 0.754. The van der Waals surface area contributed by atoms with Crippen molar-refractivity contribution in [1.82, 2.24) is 19.3 Å². The summed E-state index contributed by atoms with van der Waals surface area (Å²) < 4.78 is 2.76. The van der Waals surface area contributed by atoms with E-state index < -0.39 is 0 Å². The van der Waals surface area contributed by atoms with Gasteiger partial charge in [0.15, 0.2) is 0 Å². The Morgan fingerprint density at radius 3 is 2.93 bits per heavy atom. The maximum absolute atomic E-state index is 11.5. The highest BCUT2D eigenvalue weighted by Gasteiger charge is 2.05. The molecule has 0 aromatic carbocycles. The van der Waals surface area contributed by atoms with Gasteiger partial charge in [0.2, 0.25) is 0 Å². The number of pyridine rings is 1. The molecule has 78 valence electrons. The average Bonchev–Trinajstić information content (AvgIpc) is 2.53. The lowest BCUT2D eigenvalue weighted by molar-refractivity contribution is 0.646. The highest BCUT2D eigenvalue weighted by atomic mass is 35.5. The Hall–Kier alpha value is -1.62. The second-order valence-electron chi connectivity index (χ2n) is 3.15. The molecule has 6 heteroatoms. The molecule has 5 nitrogen and oxygen atoms in total. The molecule has 0 aliphatic heterocycles. The van der Waals surface area contributed by atoms with E-state index in [9.17, 15) is 4.79 Å². The Morgan fingerprint density at radius 2 is 2.33 bits per heavy atom. The van der Waals surface area contributed by atoms with Gasteiger partial charge in [0, 0.05) is 19.4 Å². The number of halogens is 1. The van der Waals surface area contributed by atoms with Gasteiger partial charge in [-0.2, -0.15) is 5.10 Å². The molecular formula is C9H9ClN4O. The Kier molecular flexibility index (Phi) is 2.55. The van der Waals surface area contributed by atoms with Crippen LogP contribution in [0.2, 0.25) is 5.02 Å².